The van der Waals surface area contributed by atoms with Gasteiger partial charge in [0.15, 0.2) is 0 Å². The van der Waals surface area contributed by atoms with Gasteiger partial charge in [-0.15, -0.1) is 11.3 Å². The van der Waals surface area contributed by atoms with E-state index in [1.807, 2.05) is 84.0 Å². The van der Waals surface area contributed by atoms with E-state index >= 15 is 0 Å². The molecule has 1 aliphatic heterocycles. The number of alkyl carbamates (subject to hydrolysis) is 1. The number of benzene rings is 3. The standard InChI is InChI=1S/C40H47N3O6S/c1-8-17-41-23-26-11-14-29(32(20-26)37(45)48-39(2,3)4)30-22-34-33(35-27(15-18-47-34)16-19-50-35)21-31(30)36(44)43-28-12-9-25(10-13-28)24-42-38(46)49-40(5,6)7/h9-14,16,19-22,41H,8,15,17-18,23-24H2,1-7H3,(H,42,46)(H,43,44). The molecule has 9 nitrogen and oxygen atoms in total. The molecule has 0 bridgehead atoms. The van der Waals surface area contributed by atoms with Gasteiger partial charge < -0.3 is 30.2 Å². The summed E-state index contributed by atoms with van der Waals surface area (Å²) < 4.78 is 17.5. The van der Waals surface area contributed by atoms with Crippen molar-refractivity contribution in [3.8, 4) is 27.3 Å². The minimum absolute atomic E-state index is 0.276. The van der Waals surface area contributed by atoms with Crippen molar-refractivity contribution in [2.45, 2.75) is 85.6 Å². The highest BCUT2D eigenvalue weighted by molar-refractivity contribution is 7.13. The Hall–Kier alpha value is -4.67. The van der Waals surface area contributed by atoms with Gasteiger partial charge in [0.05, 0.1) is 12.2 Å². The molecule has 0 aliphatic carbocycles. The van der Waals surface area contributed by atoms with Gasteiger partial charge in [0.1, 0.15) is 17.0 Å². The quantitative estimate of drug-likeness (QED) is 0.112. The van der Waals surface area contributed by atoms with E-state index in [0.29, 0.717) is 46.8 Å². The molecule has 3 aromatic carbocycles. The van der Waals surface area contributed by atoms with E-state index in [1.54, 1.807) is 23.5 Å². The van der Waals surface area contributed by atoms with Crippen LogP contribution in [-0.2, 0) is 29.0 Å². The minimum atomic E-state index is -0.716. The molecule has 0 saturated heterocycles. The highest BCUT2D eigenvalue weighted by Gasteiger charge is 2.27. The first kappa shape index (κ1) is 36.6. The predicted molar refractivity (Wildman–Crippen MR) is 199 cm³/mol. The summed E-state index contributed by atoms with van der Waals surface area (Å²) in [6, 6.07) is 18.8. The number of ether oxygens (including phenoxy) is 3. The zero-order chi connectivity index (χ0) is 36.1. The molecule has 5 rings (SSSR count). The average Bonchev–Trinajstić information content (AvgIpc) is 3.44. The van der Waals surface area contributed by atoms with Crippen molar-refractivity contribution in [1.29, 1.82) is 0 Å². The predicted octanol–water partition coefficient (Wildman–Crippen LogP) is 8.75. The van der Waals surface area contributed by atoms with Gasteiger partial charge in [-0.1, -0.05) is 31.2 Å². The molecule has 4 aromatic rings. The Morgan fingerprint density at radius 1 is 0.800 bits per heavy atom. The minimum Gasteiger partial charge on any atom is -0.493 e. The van der Waals surface area contributed by atoms with Crippen LogP contribution in [0.25, 0.3) is 21.6 Å². The van der Waals surface area contributed by atoms with E-state index < -0.39 is 23.3 Å². The van der Waals surface area contributed by atoms with Gasteiger partial charge in [0.25, 0.3) is 5.91 Å². The lowest BCUT2D eigenvalue weighted by Crippen LogP contribution is -2.32. The highest BCUT2D eigenvalue weighted by Crippen LogP contribution is 2.43. The van der Waals surface area contributed by atoms with Crippen LogP contribution in [-0.4, -0.2) is 42.3 Å². The Morgan fingerprint density at radius 3 is 2.22 bits per heavy atom. The number of hydrogen-bond acceptors (Lipinski definition) is 8. The van der Waals surface area contributed by atoms with Gasteiger partial charge >= 0.3 is 12.1 Å². The fourth-order valence-electron chi connectivity index (χ4n) is 5.57. The second-order valence-electron chi connectivity index (χ2n) is 14.3. The number of carbonyl (C=O) groups is 3. The molecule has 2 amide bonds. The molecule has 0 unspecified atom stereocenters. The van der Waals surface area contributed by atoms with E-state index in [0.717, 1.165) is 41.0 Å². The number of amides is 2. The molecule has 0 radical (unpaired) electrons. The molecule has 0 fully saturated rings. The molecule has 0 spiro atoms. The van der Waals surface area contributed by atoms with Crippen LogP contribution in [0, 0.1) is 0 Å². The van der Waals surface area contributed by atoms with E-state index in [2.05, 4.69) is 34.3 Å². The molecule has 264 valence electrons. The second kappa shape index (κ2) is 15.5. The topological polar surface area (TPSA) is 115 Å². The number of thiophene rings is 1. The summed E-state index contributed by atoms with van der Waals surface area (Å²) in [7, 11) is 0. The maximum atomic E-state index is 14.3. The van der Waals surface area contributed by atoms with Crippen molar-refractivity contribution in [1.82, 2.24) is 10.6 Å². The Bertz CT molecular complexity index is 1850. The first-order valence-corrected chi connectivity index (χ1v) is 17.9. The number of rotatable bonds is 10. The molecule has 50 heavy (non-hydrogen) atoms. The lowest BCUT2D eigenvalue weighted by molar-refractivity contribution is 0.00698. The normalized spacial score (nSPS) is 12.5. The Balaban J connectivity index is 1.53. The third-order valence-corrected chi connectivity index (χ3v) is 8.77. The molecule has 3 N–H and O–H groups in total. The number of nitrogens with one attached hydrogen (secondary N) is 3. The summed E-state index contributed by atoms with van der Waals surface area (Å²) >= 11 is 1.61. The van der Waals surface area contributed by atoms with Crippen molar-refractivity contribution in [2.75, 3.05) is 18.5 Å². The van der Waals surface area contributed by atoms with Crippen molar-refractivity contribution in [3.05, 3.63) is 93.9 Å². The number of anilines is 1. The van der Waals surface area contributed by atoms with Crippen molar-refractivity contribution in [3.63, 3.8) is 0 Å². The molecular formula is C40H47N3O6S. The SMILES string of the molecule is CCCNCc1ccc(-c2cc3c(cc2C(=O)Nc2ccc(CNC(=O)OC(C)(C)C)cc2)-c2sccc2CCO3)c(C(=O)OC(C)(C)C)c1. The average molecular weight is 698 g/mol. The van der Waals surface area contributed by atoms with E-state index in [1.165, 1.54) is 5.56 Å². The van der Waals surface area contributed by atoms with Gasteiger partial charge in [0.2, 0.25) is 0 Å². The fraction of sp³-hybridized carbons (Fsp3) is 0.375. The maximum Gasteiger partial charge on any atom is 0.407 e. The summed E-state index contributed by atoms with van der Waals surface area (Å²) in [6.07, 6.45) is 1.24. The van der Waals surface area contributed by atoms with Crippen LogP contribution in [0.3, 0.4) is 0 Å². The maximum absolute atomic E-state index is 14.3. The van der Waals surface area contributed by atoms with E-state index in [9.17, 15) is 14.4 Å². The lowest BCUT2D eigenvalue weighted by Gasteiger charge is -2.22. The van der Waals surface area contributed by atoms with Crippen LogP contribution in [0.5, 0.6) is 5.75 Å². The summed E-state index contributed by atoms with van der Waals surface area (Å²) in [5.41, 5.74) is 4.96. The monoisotopic (exact) mass is 697 g/mol. The number of carbonyl (C=O) groups excluding carboxylic acids is 3. The number of fused-ring (bicyclic) bond motifs is 3. The van der Waals surface area contributed by atoms with E-state index in [-0.39, 0.29) is 12.5 Å². The van der Waals surface area contributed by atoms with Crippen LogP contribution in [0.1, 0.15) is 92.3 Å². The molecule has 1 aromatic heterocycles. The number of hydrogen-bond donors (Lipinski definition) is 3. The van der Waals surface area contributed by atoms with E-state index in [4.69, 9.17) is 14.2 Å². The molecule has 10 heteroatoms. The van der Waals surface area contributed by atoms with Crippen molar-refractivity contribution >= 4 is 35.0 Å². The summed E-state index contributed by atoms with van der Waals surface area (Å²) in [4.78, 5) is 41.2. The van der Waals surface area contributed by atoms with Gasteiger partial charge in [-0.25, -0.2) is 9.59 Å². The lowest BCUT2D eigenvalue weighted by atomic mass is 9.91. The summed E-state index contributed by atoms with van der Waals surface area (Å²) in [6.45, 7) is 15.3. The van der Waals surface area contributed by atoms with Crippen LogP contribution < -0.4 is 20.7 Å². The van der Waals surface area contributed by atoms with Crippen molar-refractivity contribution < 1.29 is 28.6 Å². The largest absolute Gasteiger partial charge is 0.493 e. The summed E-state index contributed by atoms with van der Waals surface area (Å²) in [5, 5.41) is 11.3. The smallest absolute Gasteiger partial charge is 0.407 e. The second-order valence-corrected chi connectivity index (χ2v) is 15.2. The van der Waals surface area contributed by atoms with Gasteiger partial charge in [-0.3, -0.25) is 4.79 Å². The van der Waals surface area contributed by atoms with Crippen LogP contribution in [0.4, 0.5) is 10.5 Å². The van der Waals surface area contributed by atoms with Crippen molar-refractivity contribution in [2.24, 2.45) is 0 Å². The van der Waals surface area contributed by atoms with Gasteiger partial charge in [0, 0.05) is 41.2 Å². The molecule has 0 saturated carbocycles. The Labute approximate surface area is 298 Å². The Morgan fingerprint density at radius 2 is 1.52 bits per heavy atom. The van der Waals surface area contributed by atoms with Crippen LogP contribution in [0.15, 0.2) is 66.0 Å². The van der Waals surface area contributed by atoms with Crippen LogP contribution >= 0.6 is 11.3 Å². The molecular weight excluding hydrogens is 651 g/mol. The first-order chi connectivity index (χ1) is 23.7. The summed E-state index contributed by atoms with van der Waals surface area (Å²) in [5.74, 6) is -0.153. The van der Waals surface area contributed by atoms with Crippen LogP contribution in [0.2, 0.25) is 0 Å². The highest BCUT2D eigenvalue weighted by atomic mass is 32.1. The Kier molecular flexibility index (Phi) is 11.3. The zero-order valence-electron chi connectivity index (χ0n) is 30.0. The molecule has 2 heterocycles. The van der Waals surface area contributed by atoms with Gasteiger partial charge in [-0.05, 0) is 124 Å². The third-order valence-electron chi connectivity index (χ3n) is 7.78. The van der Waals surface area contributed by atoms with Gasteiger partial charge in [-0.2, -0.15) is 0 Å². The molecule has 0 atom stereocenters. The number of esters is 1. The zero-order valence-corrected chi connectivity index (χ0v) is 30.8. The third kappa shape index (κ3) is 9.52. The molecule has 1 aliphatic rings. The fourth-order valence-corrected chi connectivity index (χ4v) is 6.54. The first-order valence-electron chi connectivity index (χ1n) is 17.0.